The van der Waals surface area contributed by atoms with Gasteiger partial charge in [0, 0.05) is 18.1 Å². The van der Waals surface area contributed by atoms with Crippen LogP contribution in [0.2, 0.25) is 0 Å². The van der Waals surface area contributed by atoms with Gasteiger partial charge < -0.3 is 9.47 Å². The highest BCUT2D eigenvalue weighted by molar-refractivity contribution is 5.97. The van der Waals surface area contributed by atoms with E-state index in [1.165, 1.54) is 26.4 Å². The van der Waals surface area contributed by atoms with E-state index in [-0.39, 0.29) is 29.9 Å². The van der Waals surface area contributed by atoms with Crippen molar-refractivity contribution >= 4 is 11.8 Å². The Morgan fingerprint density at radius 2 is 1.88 bits per heavy atom. The lowest BCUT2D eigenvalue weighted by atomic mass is 10.1. The van der Waals surface area contributed by atoms with Gasteiger partial charge in [-0.3, -0.25) is 9.59 Å². The highest BCUT2D eigenvalue weighted by Crippen LogP contribution is 2.17. The number of halogens is 1. The minimum atomic E-state index is -0.550. The van der Waals surface area contributed by atoms with Crippen molar-refractivity contribution in [2.24, 2.45) is 0 Å². The first-order valence-corrected chi connectivity index (χ1v) is 5.01. The second kappa shape index (κ2) is 5.98. The number of ketones is 1. The van der Waals surface area contributed by atoms with Gasteiger partial charge in [-0.2, -0.15) is 0 Å². The third-order valence-electron chi connectivity index (χ3n) is 2.21. The van der Waals surface area contributed by atoms with Crippen molar-refractivity contribution in [2.45, 2.75) is 12.8 Å². The van der Waals surface area contributed by atoms with Crippen LogP contribution in [0.25, 0.3) is 0 Å². The SMILES string of the molecule is COC(=O)CCC(=O)c1cc(F)cc(OC)c1. The van der Waals surface area contributed by atoms with E-state index in [0.29, 0.717) is 0 Å². The van der Waals surface area contributed by atoms with Crippen LogP contribution in [0.4, 0.5) is 4.39 Å². The number of rotatable bonds is 5. The monoisotopic (exact) mass is 240 g/mol. The van der Waals surface area contributed by atoms with Crippen molar-refractivity contribution < 1.29 is 23.5 Å². The van der Waals surface area contributed by atoms with E-state index < -0.39 is 11.8 Å². The molecule has 0 spiro atoms. The molecule has 0 aliphatic rings. The molecule has 0 aliphatic carbocycles. The van der Waals surface area contributed by atoms with Crippen molar-refractivity contribution in [1.29, 1.82) is 0 Å². The van der Waals surface area contributed by atoms with Gasteiger partial charge >= 0.3 is 5.97 Å². The van der Waals surface area contributed by atoms with E-state index in [4.69, 9.17) is 4.74 Å². The van der Waals surface area contributed by atoms with Crippen molar-refractivity contribution in [3.8, 4) is 5.75 Å². The minimum Gasteiger partial charge on any atom is -0.497 e. The van der Waals surface area contributed by atoms with Gasteiger partial charge in [0.2, 0.25) is 0 Å². The molecule has 0 aromatic heterocycles. The molecule has 1 aromatic carbocycles. The summed E-state index contributed by atoms with van der Waals surface area (Å²) < 4.78 is 22.4. The van der Waals surface area contributed by atoms with Gasteiger partial charge in [-0.05, 0) is 12.1 Å². The third-order valence-corrected chi connectivity index (χ3v) is 2.21. The van der Waals surface area contributed by atoms with Crippen LogP contribution in [0.5, 0.6) is 5.75 Å². The topological polar surface area (TPSA) is 52.6 Å². The van der Waals surface area contributed by atoms with Gasteiger partial charge in [-0.15, -0.1) is 0 Å². The molecule has 17 heavy (non-hydrogen) atoms. The number of esters is 1. The Bertz CT molecular complexity index is 429. The van der Waals surface area contributed by atoms with Crippen molar-refractivity contribution in [3.05, 3.63) is 29.6 Å². The van der Waals surface area contributed by atoms with Crippen LogP contribution < -0.4 is 4.74 Å². The van der Waals surface area contributed by atoms with Gasteiger partial charge in [0.15, 0.2) is 5.78 Å². The second-order valence-electron chi connectivity index (χ2n) is 3.38. The Kier molecular flexibility index (Phi) is 4.63. The van der Waals surface area contributed by atoms with Crippen LogP contribution >= 0.6 is 0 Å². The molecule has 0 heterocycles. The molecule has 1 aromatic rings. The summed E-state index contributed by atoms with van der Waals surface area (Å²) in [6.07, 6.45) is -0.0343. The molecule has 0 fully saturated rings. The molecule has 1 rings (SSSR count). The van der Waals surface area contributed by atoms with E-state index in [0.717, 1.165) is 6.07 Å². The molecular formula is C12H13FO4. The third kappa shape index (κ3) is 3.86. The lowest BCUT2D eigenvalue weighted by molar-refractivity contribution is -0.140. The number of ether oxygens (including phenoxy) is 2. The molecule has 0 unspecified atom stereocenters. The quantitative estimate of drug-likeness (QED) is 0.583. The maximum Gasteiger partial charge on any atom is 0.305 e. The molecule has 0 amide bonds. The van der Waals surface area contributed by atoms with Gasteiger partial charge in [-0.25, -0.2) is 4.39 Å². The number of carbonyl (C=O) groups excluding carboxylic acids is 2. The Labute approximate surface area is 98.3 Å². The average molecular weight is 240 g/mol. The van der Waals surface area contributed by atoms with Crippen molar-refractivity contribution in [2.75, 3.05) is 14.2 Å². The minimum absolute atomic E-state index is 0.0146. The molecule has 0 radical (unpaired) electrons. The van der Waals surface area contributed by atoms with Crippen LogP contribution in [0.15, 0.2) is 18.2 Å². The lowest BCUT2D eigenvalue weighted by Crippen LogP contribution is -2.06. The van der Waals surface area contributed by atoms with E-state index in [1.54, 1.807) is 0 Å². The molecule has 92 valence electrons. The summed E-state index contributed by atoms with van der Waals surface area (Å²) in [5.41, 5.74) is 0.186. The summed E-state index contributed by atoms with van der Waals surface area (Å²) in [4.78, 5) is 22.5. The number of hydrogen-bond donors (Lipinski definition) is 0. The summed E-state index contributed by atoms with van der Waals surface area (Å²) in [5.74, 6) is -1.08. The first-order valence-electron chi connectivity index (χ1n) is 5.01. The van der Waals surface area contributed by atoms with E-state index in [9.17, 15) is 14.0 Å². The number of Topliss-reactive ketones (excluding diaryl/α,β-unsaturated/α-hetero) is 1. The summed E-state index contributed by atoms with van der Waals surface area (Å²) in [5, 5.41) is 0. The predicted octanol–water partition coefficient (Wildman–Crippen LogP) is 1.97. The van der Waals surface area contributed by atoms with Gasteiger partial charge in [0.05, 0.1) is 20.6 Å². The Morgan fingerprint density at radius 1 is 1.18 bits per heavy atom. The highest BCUT2D eigenvalue weighted by atomic mass is 19.1. The fourth-order valence-corrected chi connectivity index (χ4v) is 1.30. The zero-order valence-corrected chi connectivity index (χ0v) is 9.66. The van der Waals surface area contributed by atoms with E-state index in [2.05, 4.69) is 4.74 Å². The first kappa shape index (κ1) is 13.2. The molecule has 5 heteroatoms. The Balaban J connectivity index is 2.74. The first-order chi connectivity index (χ1) is 8.06. The van der Waals surface area contributed by atoms with Gasteiger partial charge in [-0.1, -0.05) is 0 Å². The number of carbonyl (C=O) groups is 2. The number of hydrogen-bond acceptors (Lipinski definition) is 4. The zero-order valence-electron chi connectivity index (χ0n) is 9.66. The number of benzene rings is 1. The van der Waals surface area contributed by atoms with Crippen LogP contribution in [0, 0.1) is 5.82 Å². The van der Waals surface area contributed by atoms with E-state index in [1.807, 2.05) is 0 Å². The standard InChI is InChI=1S/C12H13FO4/c1-16-10-6-8(5-9(13)7-10)11(14)3-4-12(15)17-2/h5-7H,3-4H2,1-2H3. The van der Waals surface area contributed by atoms with E-state index >= 15 is 0 Å². The maximum absolute atomic E-state index is 13.1. The largest absolute Gasteiger partial charge is 0.497 e. The van der Waals surface area contributed by atoms with Gasteiger partial charge in [0.1, 0.15) is 11.6 Å². The normalized spacial score (nSPS) is 9.82. The zero-order chi connectivity index (χ0) is 12.8. The second-order valence-corrected chi connectivity index (χ2v) is 3.38. The fourth-order valence-electron chi connectivity index (χ4n) is 1.30. The smallest absolute Gasteiger partial charge is 0.305 e. The van der Waals surface area contributed by atoms with Crippen molar-refractivity contribution in [3.63, 3.8) is 0 Å². The summed E-state index contributed by atoms with van der Waals surface area (Å²) in [7, 11) is 2.63. The summed E-state index contributed by atoms with van der Waals surface area (Å²) in [6.45, 7) is 0. The van der Waals surface area contributed by atoms with Crippen LogP contribution in [0.1, 0.15) is 23.2 Å². The maximum atomic E-state index is 13.1. The molecule has 0 saturated carbocycles. The summed E-state index contributed by atoms with van der Waals surface area (Å²) >= 11 is 0. The fraction of sp³-hybridized carbons (Fsp3) is 0.333. The van der Waals surface area contributed by atoms with Crippen LogP contribution in [-0.4, -0.2) is 26.0 Å². The molecule has 0 saturated heterocycles. The number of methoxy groups -OCH3 is 2. The molecule has 4 nitrogen and oxygen atoms in total. The Morgan fingerprint density at radius 3 is 2.47 bits per heavy atom. The molecule has 0 atom stereocenters. The Hall–Kier alpha value is -1.91. The predicted molar refractivity (Wildman–Crippen MR) is 58.5 cm³/mol. The van der Waals surface area contributed by atoms with Gasteiger partial charge in [0.25, 0.3) is 0 Å². The average Bonchev–Trinajstić information content (AvgIpc) is 2.34. The molecule has 0 bridgehead atoms. The highest BCUT2D eigenvalue weighted by Gasteiger charge is 2.11. The van der Waals surface area contributed by atoms with Crippen molar-refractivity contribution in [1.82, 2.24) is 0 Å². The molecule has 0 N–H and O–H groups in total. The summed E-state index contributed by atoms with van der Waals surface area (Å²) in [6, 6.07) is 3.72. The molecular weight excluding hydrogens is 227 g/mol. The molecule has 0 aliphatic heterocycles. The lowest BCUT2D eigenvalue weighted by Gasteiger charge is -2.04. The van der Waals surface area contributed by atoms with Crippen LogP contribution in [-0.2, 0) is 9.53 Å². The van der Waals surface area contributed by atoms with Crippen LogP contribution in [0.3, 0.4) is 0 Å².